The quantitative estimate of drug-likeness (QED) is 0.613. The van der Waals surface area contributed by atoms with Gasteiger partial charge in [-0.2, -0.15) is 0 Å². The predicted octanol–water partition coefficient (Wildman–Crippen LogP) is 2.88. The Hall–Kier alpha value is -1.44. The molecule has 7 heteroatoms. The van der Waals surface area contributed by atoms with Crippen molar-refractivity contribution in [1.82, 2.24) is 10.2 Å². The third-order valence-electron chi connectivity index (χ3n) is 5.03. The lowest BCUT2D eigenvalue weighted by atomic mass is 9.96. The smallest absolute Gasteiger partial charge is 0.243 e. The number of β-amino-alcohol motifs (C(OH)–C–C–N with tert-alkyl or cyclic N) is 1. The van der Waals surface area contributed by atoms with Crippen LogP contribution in [0.2, 0.25) is 0 Å². The fraction of sp³-hybridized carbons (Fsp3) is 0.619. The highest BCUT2D eigenvalue weighted by Gasteiger charge is 2.41. The Morgan fingerprint density at radius 2 is 1.79 bits per heavy atom. The second-order valence-electron chi connectivity index (χ2n) is 7.22. The number of hydrogen-bond acceptors (Lipinski definition) is 4. The van der Waals surface area contributed by atoms with E-state index in [2.05, 4.69) is 21.2 Å². The molecule has 0 radical (unpaired) electrons. The maximum absolute atomic E-state index is 12.8. The van der Waals surface area contributed by atoms with Crippen LogP contribution < -0.4 is 5.32 Å². The number of carbonyl (C=O) groups is 2. The van der Waals surface area contributed by atoms with Crippen LogP contribution in [-0.4, -0.2) is 52.2 Å². The summed E-state index contributed by atoms with van der Waals surface area (Å²) < 4.78 is 0.905. The summed E-state index contributed by atoms with van der Waals surface area (Å²) in [6.45, 7) is 9.67. The summed E-state index contributed by atoms with van der Waals surface area (Å²) >= 11 is 3.35. The van der Waals surface area contributed by atoms with Crippen molar-refractivity contribution in [2.24, 2.45) is 11.8 Å². The molecule has 0 aromatic heterocycles. The van der Waals surface area contributed by atoms with Crippen LogP contribution in [0.1, 0.15) is 52.6 Å². The minimum Gasteiger partial charge on any atom is -0.394 e. The Balaban J connectivity index is 0.00000190. The molecule has 0 spiro atoms. The average Bonchev–Trinajstić information content (AvgIpc) is 3.09. The van der Waals surface area contributed by atoms with Gasteiger partial charge in [-0.1, -0.05) is 62.7 Å². The predicted molar refractivity (Wildman–Crippen MR) is 114 cm³/mol. The molecule has 158 valence electrons. The summed E-state index contributed by atoms with van der Waals surface area (Å²) in [5, 5.41) is 22.5. The van der Waals surface area contributed by atoms with E-state index < -0.39 is 18.2 Å². The first-order valence-corrected chi connectivity index (χ1v) is 10.7. The van der Waals surface area contributed by atoms with Crippen LogP contribution in [0.4, 0.5) is 0 Å². The topological polar surface area (TPSA) is 89.9 Å². The number of carbonyl (C=O) groups excluding carboxylic acids is 2. The number of nitrogens with zero attached hydrogens (tertiary/aromatic N) is 1. The lowest BCUT2D eigenvalue weighted by Crippen LogP contribution is -2.49. The van der Waals surface area contributed by atoms with Gasteiger partial charge in [0.2, 0.25) is 11.8 Å². The normalized spacial score (nSPS) is 21.0. The summed E-state index contributed by atoms with van der Waals surface area (Å²) in [5.74, 6) is -0.554. The van der Waals surface area contributed by atoms with Crippen LogP contribution in [0, 0.1) is 11.8 Å². The molecule has 3 N–H and O–H groups in total. The molecule has 1 aliphatic heterocycles. The first-order chi connectivity index (χ1) is 13.2. The van der Waals surface area contributed by atoms with Gasteiger partial charge in [-0.3, -0.25) is 9.59 Å². The molecule has 1 aromatic carbocycles. The third-order valence-corrected chi connectivity index (χ3v) is 5.55. The Labute approximate surface area is 176 Å². The van der Waals surface area contributed by atoms with Crippen molar-refractivity contribution in [1.29, 1.82) is 0 Å². The summed E-state index contributed by atoms with van der Waals surface area (Å²) in [6, 6.07) is 6.03. The van der Waals surface area contributed by atoms with Gasteiger partial charge >= 0.3 is 0 Å². The number of aliphatic hydroxyl groups excluding tert-OH is 2. The minimum atomic E-state index is -0.719. The molecule has 0 saturated carbocycles. The summed E-state index contributed by atoms with van der Waals surface area (Å²) in [7, 11) is 0. The zero-order valence-electron chi connectivity index (χ0n) is 17.4. The van der Waals surface area contributed by atoms with Crippen LogP contribution >= 0.6 is 15.9 Å². The summed E-state index contributed by atoms with van der Waals surface area (Å²) in [5.41, 5.74) is 0.774. The van der Waals surface area contributed by atoms with Gasteiger partial charge in [0.05, 0.1) is 18.8 Å². The number of hydrogen-bond donors (Lipinski definition) is 3. The molecular weight excluding hydrogens is 424 g/mol. The van der Waals surface area contributed by atoms with E-state index in [-0.39, 0.29) is 43.2 Å². The lowest BCUT2D eigenvalue weighted by Gasteiger charge is -2.29. The van der Waals surface area contributed by atoms with Crippen LogP contribution in [0.25, 0.3) is 0 Å². The number of nitrogens with one attached hydrogen (secondary N) is 1. The zero-order chi connectivity index (χ0) is 21.4. The highest BCUT2D eigenvalue weighted by atomic mass is 79.9. The first kappa shape index (κ1) is 24.6. The lowest BCUT2D eigenvalue weighted by molar-refractivity contribution is -0.142. The van der Waals surface area contributed by atoms with Crippen molar-refractivity contribution >= 4 is 27.7 Å². The molecule has 1 fully saturated rings. The number of likely N-dealkylation sites (tertiary alicyclic amines) is 1. The fourth-order valence-electron chi connectivity index (χ4n) is 3.05. The zero-order valence-corrected chi connectivity index (χ0v) is 18.9. The molecule has 2 rings (SSSR count). The van der Waals surface area contributed by atoms with E-state index in [4.69, 9.17) is 0 Å². The molecule has 0 aliphatic carbocycles. The maximum atomic E-state index is 12.8. The van der Waals surface area contributed by atoms with E-state index in [1.54, 1.807) is 0 Å². The summed E-state index contributed by atoms with van der Waals surface area (Å²) in [4.78, 5) is 26.9. The van der Waals surface area contributed by atoms with Crippen molar-refractivity contribution in [3.8, 4) is 0 Å². The van der Waals surface area contributed by atoms with E-state index in [1.807, 2.05) is 58.9 Å². The van der Waals surface area contributed by atoms with E-state index in [0.717, 1.165) is 10.0 Å². The van der Waals surface area contributed by atoms with E-state index in [0.29, 0.717) is 0 Å². The van der Waals surface area contributed by atoms with Crippen molar-refractivity contribution in [3.05, 3.63) is 34.3 Å². The third kappa shape index (κ3) is 6.29. The molecule has 28 heavy (non-hydrogen) atoms. The van der Waals surface area contributed by atoms with Crippen LogP contribution in [0.15, 0.2) is 28.7 Å². The highest BCUT2D eigenvalue weighted by molar-refractivity contribution is 9.10. The van der Waals surface area contributed by atoms with Crippen molar-refractivity contribution in [2.75, 3.05) is 13.2 Å². The number of aliphatic hydroxyl groups is 2. The van der Waals surface area contributed by atoms with E-state index in [9.17, 15) is 19.8 Å². The van der Waals surface area contributed by atoms with Gasteiger partial charge in [0, 0.05) is 23.4 Å². The molecule has 1 aromatic rings. The van der Waals surface area contributed by atoms with Gasteiger partial charge < -0.3 is 20.4 Å². The molecule has 1 saturated heterocycles. The van der Waals surface area contributed by atoms with Gasteiger partial charge in [0.15, 0.2) is 0 Å². The molecule has 1 aliphatic rings. The molecule has 1 heterocycles. The number of benzene rings is 1. The minimum absolute atomic E-state index is 0.124. The molecule has 2 amide bonds. The molecule has 0 bridgehead atoms. The Morgan fingerprint density at radius 1 is 1.21 bits per heavy atom. The SMILES string of the molecule is CC.CC(C)C(C)C(=O)N1CC(O)CC1C(=O)NC(CO)c1ccc(Br)cc1. The molecular formula is C21H33BrN2O4. The van der Waals surface area contributed by atoms with Crippen molar-refractivity contribution in [2.45, 2.75) is 59.2 Å². The summed E-state index contributed by atoms with van der Waals surface area (Å²) in [6.07, 6.45) is -0.504. The van der Waals surface area contributed by atoms with Crippen LogP contribution in [0.3, 0.4) is 0 Å². The Morgan fingerprint density at radius 3 is 2.29 bits per heavy atom. The number of rotatable bonds is 6. The highest BCUT2D eigenvalue weighted by Crippen LogP contribution is 2.24. The van der Waals surface area contributed by atoms with Crippen LogP contribution in [0.5, 0.6) is 0 Å². The molecule has 4 unspecified atom stereocenters. The van der Waals surface area contributed by atoms with Crippen molar-refractivity contribution < 1.29 is 19.8 Å². The van der Waals surface area contributed by atoms with Crippen molar-refractivity contribution in [3.63, 3.8) is 0 Å². The Bertz CT molecular complexity index is 636. The van der Waals surface area contributed by atoms with Gasteiger partial charge in [0.25, 0.3) is 0 Å². The second kappa shape index (κ2) is 11.5. The Kier molecular flexibility index (Phi) is 10.1. The molecule has 6 nitrogen and oxygen atoms in total. The van der Waals surface area contributed by atoms with E-state index in [1.165, 1.54) is 4.90 Å². The van der Waals surface area contributed by atoms with Crippen LogP contribution in [-0.2, 0) is 9.59 Å². The maximum Gasteiger partial charge on any atom is 0.243 e. The van der Waals surface area contributed by atoms with Gasteiger partial charge in [-0.05, 0) is 23.6 Å². The monoisotopic (exact) mass is 456 g/mol. The number of halogens is 1. The standard InChI is InChI=1S/C19H27BrN2O4.C2H6/c1-11(2)12(3)19(26)22-9-15(24)8-17(22)18(25)21-16(10-23)13-4-6-14(20)7-5-13;1-2/h4-7,11-12,15-17,23-24H,8-10H2,1-3H3,(H,21,25);1-2H3. The van der Waals surface area contributed by atoms with Gasteiger partial charge in [0.1, 0.15) is 6.04 Å². The average molecular weight is 457 g/mol. The number of amides is 2. The van der Waals surface area contributed by atoms with Gasteiger partial charge in [-0.25, -0.2) is 0 Å². The van der Waals surface area contributed by atoms with E-state index >= 15 is 0 Å². The largest absolute Gasteiger partial charge is 0.394 e. The first-order valence-electron chi connectivity index (χ1n) is 9.89. The molecule has 4 atom stereocenters. The van der Waals surface area contributed by atoms with Gasteiger partial charge in [-0.15, -0.1) is 0 Å². The second-order valence-corrected chi connectivity index (χ2v) is 8.14. The fourth-order valence-corrected chi connectivity index (χ4v) is 3.31.